The van der Waals surface area contributed by atoms with Crippen molar-refractivity contribution in [3.8, 4) is 5.69 Å². The van der Waals surface area contributed by atoms with E-state index in [2.05, 4.69) is 62.5 Å². The van der Waals surface area contributed by atoms with Crippen LogP contribution in [-0.2, 0) is 11.2 Å². The first-order chi connectivity index (χ1) is 14.8. The van der Waals surface area contributed by atoms with Crippen LogP contribution in [-0.4, -0.2) is 32.5 Å². The maximum atomic E-state index is 12.2. The molecule has 5 rings (SSSR count). The molecule has 0 radical (unpaired) electrons. The molecule has 4 aromatic rings. The zero-order valence-corrected chi connectivity index (χ0v) is 17.3. The van der Waals surface area contributed by atoms with Crippen LogP contribution in [0.5, 0.6) is 0 Å². The lowest BCUT2D eigenvalue weighted by molar-refractivity contribution is -0.118. The van der Waals surface area contributed by atoms with Gasteiger partial charge < -0.3 is 5.32 Å². The number of hydrogen-bond acceptors (Lipinski definition) is 4. The molecule has 1 aromatic heterocycles. The van der Waals surface area contributed by atoms with E-state index in [1.807, 2.05) is 30.3 Å². The van der Waals surface area contributed by atoms with Gasteiger partial charge in [0.25, 0.3) is 0 Å². The number of aromatic nitrogens is 3. The summed E-state index contributed by atoms with van der Waals surface area (Å²) in [6.45, 7) is 0. The fourth-order valence-electron chi connectivity index (χ4n) is 3.59. The SMILES string of the molecule is O=C(CSc1nnc(Cc2cccc3ccccc23)n1-c1ccccc1)NC1CC1. The highest BCUT2D eigenvalue weighted by Crippen LogP contribution is 2.26. The predicted octanol–water partition coefficient (Wildman–Crippen LogP) is 4.38. The average molecular weight is 415 g/mol. The Balaban J connectivity index is 1.47. The third kappa shape index (κ3) is 4.09. The Kier molecular flexibility index (Phi) is 5.24. The summed E-state index contributed by atoms with van der Waals surface area (Å²) in [7, 11) is 0. The number of nitrogens with one attached hydrogen (secondary N) is 1. The number of carbonyl (C=O) groups is 1. The third-order valence-electron chi connectivity index (χ3n) is 5.22. The second-order valence-corrected chi connectivity index (χ2v) is 8.46. The molecule has 1 aliphatic carbocycles. The van der Waals surface area contributed by atoms with Gasteiger partial charge in [-0.3, -0.25) is 9.36 Å². The van der Waals surface area contributed by atoms with Gasteiger partial charge in [0.15, 0.2) is 5.16 Å². The zero-order valence-electron chi connectivity index (χ0n) is 16.5. The lowest BCUT2D eigenvalue weighted by Gasteiger charge is -2.11. The van der Waals surface area contributed by atoms with Crippen molar-refractivity contribution in [2.45, 2.75) is 30.5 Å². The van der Waals surface area contributed by atoms with Crippen molar-refractivity contribution in [1.29, 1.82) is 0 Å². The van der Waals surface area contributed by atoms with E-state index in [0.29, 0.717) is 18.2 Å². The summed E-state index contributed by atoms with van der Waals surface area (Å²) in [6.07, 6.45) is 2.84. The summed E-state index contributed by atoms with van der Waals surface area (Å²) in [5.41, 5.74) is 2.21. The third-order valence-corrected chi connectivity index (χ3v) is 6.15. The Morgan fingerprint density at radius 3 is 2.57 bits per heavy atom. The van der Waals surface area contributed by atoms with Crippen LogP contribution in [0.15, 0.2) is 78.0 Å². The number of amides is 1. The predicted molar refractivity (Wildman–Crippen MR) is 120 cm³/mol. The molecule has 1 aliphatic rings. The minimum Gasteiger partial charge on any atom is -0.353 e. The van der Waals surface area contributed by atoms with Crippen LogP contribution in [0.4, 0.5) is 0 Å². The molecule has 3 aromatic carbocycles. The van der Waals surface area contributed by atoms with E-state index in [1.165, 1.54) is 28.1 Å². The summed E-state index contributed by atoms with van der Waals surface area (Å²) >= 11 is 1.43. The van der Waals surface area contributed by atoms with E-state index in [-0.39, 0.29) is 5.91 Å². The Hall–Kier alpha value is -3.12. The molecule has 0 spiro atoms. The number of rotatable bonds is 7. The molecule has 0 atom stereocenters. The Bertz CT molecular complexity index is 1180. The van der Waals surface area contributed by atoms with Crippen molar-refractivity contribution in [3.05, 3.63) is 84.2 Å². The van der Waals surface area contributed by atoms with E-state index < -0.39 is 0 Å². The summed E-state index contributed by atoms with van der Waals surface area (Å²) in [4.78, 5) is 12.2. The highest BCUT2D eigenvalue weighted by atomic mass is 32.2. The van der Waals surface area contributed by atoms with Gasteiger partial charge in [-0.05, 0) is 41.3 Å². The van der Waals surface area contributed by atoms with Crippen LogP contribution in [0.2, 0.25) is 0 Å². The molecule has 30 heavy (non-hydrogen) atoms. The first-order valence-electron chi connectivity index (χ1n) is 10.2. The largest absolute Gasteiger partial charge is 0.353 e. The van der Waals surface area contributed by atoms with E-state index >= 15 is 0 Å². The molecule has 0 saturated heterocycles. The highest BCUT2D eigenvalue weighted by Gasteiger charge is 2.24. The molecule has 6 heteroatoms. The number of nitrogens with zero attached hydrogens (tertiary/aromatic N) is 3. The second kappa shape index (κ2) is 8.32. The molecule has 1 fully saturated rings. The van der Waals surface area contributed by atoms with Crippen molar-refractivity contribution in [2.24, 2.45) is 0 Å². The number of hydrogen-bond donors (Lipinski definition) is 1. The number of thioether (sulfide) groups is 1. The molecule has 5 nitrogen and oxygen atoms in total. The first kappa shape index (κ1) is 18.9. The molecule has 0 bridgehead atoms. The summed E-state index contributed by atoms with van der Waals surface area (Å²) in [6, 6.07) is 25.2. The first-order valence-corrected chi connectivity index (χ1v) is 11.1. The summed E-state index contributed by atoms with van der Waals surface area (Å²) in [5.74, 6) is 1.26. The van der Waals surface area contributed by atoms with Crippen molar-refractivity contribution in [1.82, 2.24) is 20.1 Å². The zero-order chi connectivity index (χ0) is 20.3. The average Bonchev–Trinajstić information content (AvgIpc) is 3.51. The molecule has 1 N–H and O–H groups in total. The van der Waals surface area contributed by atoms with Gasteiger partial charge in [0.1, 0.15) is 5.82 Å². The molecule has 1 saturated carbocycles. The highest BCUT2D eigenvalue weighted by molar-refractivity contribution is 7.99. The van der Waals surface area contributed by atoms with E-state index in [1.54, 1.807) is 0 Å². The van der Waals surface area contributed by atoms with E-state index in [9.17, 15) is 4.79 Å². The van der Waals surface area contributed by atoms with E-state index in [0.717, 1.165) is 29.5 Å². The second-order valence-electron chi connectivity index (χ2n) is 7.52. The van der Waals surface area contributed by atoms with Gasteiger partial charge >= 0.3 is 0 Å². The van der Waals surface area contributed by atoms with Crippen LogP contribution in [0.3, 0.4) is 0 Å². The standard InChI is InChI=1S/C24H22N4OS/c29-23(25-19-13-14-19)16-30-24-27-26-22(28(24)20-10-2-1-3-11-20)15-18-9-6-8-17-7-4-5-12-21(17)18/h1-12,19H,13-16H2,(H,25,29). The maximum absolute atomic E-state index is 12.2. The number of para-hydroxylation sites is 1. The maximum Gasteiger partial charge on any atom is 0.230 e. The normalized spacial score (nSPS) is 13.5. The summed E-state index contributed by atoms with van der Waals surface area (Å²) < 4.78 is 2.07. The Labute approximate surface area is 179 Å². The van der Waals surface area contributed by atoms with E-state index in [4.69, 9.17) is 0 Å². The van der Waals surface area contributed by atoms with Crippen LogP contribution < -0.4 is 5.32 Å². The Morgan fingerprint density at radius 1 is 0.967 bits per heavy atom. The molecule has 150 valence electrons. The minimum absolute atomic E-state index is 0.0562. The lowest BCUT2D eigenvalue weighted by Crippen LogP contribution is -2.27. The van der Waals surface area contributed by atoms with Crippen molar-refractivity contribution < 1.29 is 4.79 Å². The molecular formula is C24H22N4OS. The van der Waals surface area contributed by atoms with Crippen molar-refractivity contribution >= 4 is 28.4 Å². The molecular weight excluding hydrogens is 392 g/mol. The quantitative estimate of drug-likeness (QED) is 0.456. The number of carbonyl (C=O) groups excluding carboxylic acids is 1. The van der Waals surface area contributed by atoms with Crippen LogP contribution in [0, 0.1) is 0 Å². The number of benzene rings is 3. The van der Waals surface area contributed by atoms with Crippen LogP contribution >= 0.6 is 11.8 Å². The topological polar surface area (TPSA) is 59.8 Å². The van der Waals surface area contributed by atoms with Crippen molar-refractivity contribution in [2.75, 3.05) is 5.75 Å². The monoisotopic (exact) mass is 414 g/mol. The molecule has 0 aliphatic heterocycles. The fourth-order valence-corrected chi connectivity index (χ4v) is 4.37. The van der Waals surface area contributed by atoms with Crippen LogP contribution in [0.25, 0.3) is 16.5 Å². The smallest absolute Gasteiger partial charge is 0.230 e. The van der Waals surface area contributed by atoms with Gasteiger partial charge in [-0.15, -0.1) is 10.2 Å². The number of fused-ring (bicyclic) bond motifs is 1. The van der Waals surface area contributed by atoms with Gasteiger partial charge in [-0.2, -0.15) is 0 Å². The molecule has 0 unspecified atom stereocenters. The van der Waals surface area contributed by atoms with Gasteiger partial charge in [0.2, 0.25) is 5.91 Å². The fraction of sp³-hybridized carbons (Fsp3) is 0.208. The van der Waals surface area contributed by atoms with Gasteiger partial charge in [0, 0.05) is 18.2 Å². The Morgan fingerprint density at radius 2 is 1.73 bits per heavy atom. The molecule has 1 heterocycles. The van der Waals surface area contributed by atoms with Gasteiger partial charge in [-0.25, -0.2) is 0 Å². The van der Waals surface area contributed by atoms with Crippen LogP contribution in [0.1, 0.15) is 24.2 Å². The van der Waals surface area contributed by atoms with Crippen molar-refractivity contribution in [3.63, 3.8) is 0 Å². The minimum atomic E-state index is 0.0562. The van der Waals surface area contributed by atoms with Gasteiger partial charge in [0.05, 0.1) is 5.75 Å². The lowest BCUT2D eigenvalue weighted by atomic mass is 10.0. The van der Waals surface area contributed by atoms with Gasteiger partial charge in [-0.1, -0.05) is 72.4 Å². The summed E-state index contributed by atoms with van der Waals surface area (Å²) in [5, 5.41) is 15.1. The molecule has 1 amide bonds.